The van der Waals surface area contributed by atoms with Crippen LogP contribution in [0.15, 0.2) is 138 Å². The highest BCUT2D eigenvalue weighted by Crippen LogP contribution is 2.34. The molecule has 1 N–H and O–H groups in total. The van der Waals surface area contributed by atoms with Gasteiger partial charge in [0, 0.05) is 38.0 Å². The average Bonchev–Trinajstić information content (AvgIpc) is 3.67. The molecule has 0 aliphatic rings. The third-order valence-corrected chi connectivity index (χ3v) is 7.47. The summed E-state index contributed by atoms with van der Waals surface area (Å²) in [6.07, 6.45) is 1.89. The number of pyridine rings is 1. The van der Waals surface area contributed by atoms with Crippen molar-refractivity contribution in [2.24, 2.45) is 0 Å². The Labute approximate surface area is 223 Å². The molecular formula is C35H23N3O. The van der Waals surface area contributed by atoms with E-state index >= 15 is 0 Å². The van der Waals surface area contributed by atoms with Crippen LogP contribution >= 0.6 is 0 Å². The van der Waals surface area contributed by atoms with Gasteiger partial charge < -0.3 is 14.0 Å². The number of benzene rings is 5. The zero-order valence-corrected chi connectivity index (χ0v) is 21.0. The lowest BCUT2D eigenvalue weighted by molar-refractivity contribution is 0.654. The lowest BCUT2D eigenvalue weighted by Gasteiger charge is -2.07. The number of furan rings is 1. The summed E-state index contributed by atoms with van der Waals surface area (Å²) in [6.45, 7) is 0. The number of nitrogens with one attached hydrogen (secondary N) is 1. The second-order valence-corrected chi connectivity index (χ2v) is 9.73. The summed E-state index contributed by atoms with van der Waals surface area (Å²) >= 11 is 0. The van der Waals surface area contributed by atoms with Gasteiger partial charge in [-0.1, -0.05) is 91.0 Å². The highest BCUT2D eigenvalue weighted by atomic mass is 16.3. The summed E-state index contributed by atoms with van der Waals surface area (Å²) in [4.78, 5) is 7.98. The van der Waals surface area contributed by atoms with Crippen molar-refractivity contribution < 1.29 is 4.42 Å². The van der Waals surface area contributed by atoms with Crippen LogP contribution in [0, 0.1) is 0 Å². The highest BCUT2D eigenvalue weighted by Gasteiger charge is 2.14. The Hall–Kier alpha value is -5.35. The topological polar surface area (TPSA) is 46.8 Å². The number of aromatic amines is 1. The molecule has 0 aliphatic heterocycles. The van der Waals surface area contributed by atoms with Crippen molar-refractivity contribution in [2.45, 2.75) is 0 Å². The number of hydrogen-bond acceptors (Lipinski definition) is 2. The lowest BCUT2D eigenvalue weighted by Crippen LogP contribution is -1.94. The zero-order chi connectivity index (χ0) is 25.8. The molecule has 0 bridgehead atoms. The molecule has 0 saturated heterocycles. The van der Waals surface area contributed by atoms with Gasteiger partial charge in [-0.2, -0.15) is 0 Å². The molecule has 0 spiro atoms. The SMILES string of the molecule is c1ccc2c(c1)[nH]c1ccccc12.c1ccc2c(c1)oc1ncc(-n3c4ccccc4c4ccccc43)cc12. The van der Waals surface area contributed by atoms with E-state index in [1.54, 1.807) is 0 Å². The van der Waals surface area contributed by atoms with E-state index in [4.69, 9.17) is 4.42 Å². The molecule has 0 unspecified atom stereocenters. The molecular weight excluding hydrogens is 478 g/mol. The van der Waals surface area contributed by atoms with Gasteiger partial charge in [0.25, 0.3) is 0 Å². The van der Waals surface area contributed by atoms with E-state index < -0.39 is 0 Å². The summed E-state index contributed by atoms with van der Waals surface area (Å²) in [7, 11) is 0. The molecule has 4 heterocycles. The van der Waals surface area contributed by atoms with Gasteiger partial charge in [-0.3, -0.25) is 0 Å². The van der Waals surface area contributed by atoms with E-state index in [9.17, 15) is 0 Å². The first-order valence-electron chi connectivity index (χ1n) is 13.1. The van der Waals surface area contributed by atoms with E-state index in [1.807, 2.05) is 24.4 Å². The number of aromatic nitrogens is 3. The molecule has 0 fully saturated rings. The summed E-state index contributed by atoms with van der Waals surface area (Å²) < 4.78 is 8.16. The van der Waals surface area contributed by atoms with Crippen LogP contribution in [-0.4, -0.2) is 14.5 Å². The predicted octanol–water partition coefficient (Wildman–Crippen LogP) is 9.40. The minimum atomic E-state index is 0.677. The molecule has 0 atom stereocenters. The van der Waals surface area contributed by atoms with Gasteiger partial charge >= 0.3 is 0 Å². The Morgan fingerprint density at radius 3 is 1.67 bits per heavy atom. The van der Waals surface area contributed by atoms with Crippen LogP contribution in [0.5, 0.6) is 0 Å². The predicted molar refractivity (Wildman–Crippen MR) is 162 cm³/mol. The number of fused-ring (bicyclic) bond motifs is 9. The molecule has 5 aromatic carbocycles. The Morgan fingerprint density at radius 1 is 0.513 bits per heavy atom. The third-order valence-electron chi connectivity index (χ3n) is 7.47. The van der Waals surface area contributed by atoms with Crippen molar-refractivity contribution in [3.8, 4) is 5.69 Å². The summed E-state index contributed by atoms with van der Waals surface area (Å²) in [5.74, 6) is 0. The maximum Gasteiger partial charge on any atom is 0.227 e. The van der Waals surface area contributed by atoms with Crippen LogP contribution in [0.4, 0.5) is 0 Å². The van der Waals surface area contributed by atoms with Crippen LogP contribution in [0.25, 0.3) is 71.4 Å². The number of para-hydroxylation sites is 5. The minimum absolute atomic E-state index is 0.677. The minimum Gasteiger partial charge on any atom is -0.438 e. The fraction of sp³-hybridized carbons (Fsp3) is 0. The Bertz CT molecular complexity index is 2200. The lowest BCUT2D eigenvalue weighted by atomic mass is 10.2. The van der Waals surface area contributed by atoms with Gasteiger partial charge in [-0.25, -0.2) is 4.98 Å². The van der Waals surface area contributed by atoms with Crippen LogP contribution in [0.1, 0.15) is 0 Å². The first-order chi connectivity index (χ1) is 19.3. The van der Waals surface area contributed by atoms with E-state index in [1.165, 1.54) is 43.6 Å². The fourth-order valence-corrected chi connectivity index (χ4v) is 5.72. The molecule has 4 nitrogen and oxygen atoms in total. The van der Waals surface area contributed by atoms with Crippen LogP contribution in [0.3, 0.4) is 0 Å². The molecule has 0 amide bonds. The Kier molecular flexibility index (Phi) is 4.79. The van der Waals surface area contributed by atoms with Crippen molar-refractivity contribution in [3.05, 3.63) is 134 Å². The van der Waals surface area contributed by atoms with Crippen molar-refractivity contribution in [3.63, 3.8) is 0 Å². The van der Waals surface area contributed by atoms with E-state index in [0.717, 1.165) is 22.0 Å². The van der Waals surface area contributed by atoms with E-state index in [-0.39, 0.29) is 0 Å². The van der Waals surface area contributed by atoms with Crippen molar-refractivity contribution in [1.29, 1.82) is 0 Å². The van der Waals surface area contributed by atoms with Gasteiger partial charge in [0.15, 0.2) is 0 Å². The normalized spacial score (nSPS) is 11.6. The Balaban J connectivity index is 0.000000151. The molecule has 184 valence electrons. The number of H-pyrrole nitrogens is 1. The number of nitrogens with zero attached hydrogens (tertiary/aromatic N) is 2. The van der Waals surface area contributed by atoms with Gasteiger partial charge in [0.2, 0.25) is 5.71 Å². The highest BCUT2D eigenvalue weighted by molar-refractivity contribution is 6.10. The van der Waals surface area contributed by atoms with Gasteiger partial charge in [-0.05, 0) is 36.4 Å². The molecule has 39 heavy (non-hydrogen) atoms. The molecule has 9 aromatic rings. The second-order valence-electron chi connectivity index (χ2n) is 9.73. The Morgan fingerprint density at radius 2 is 1.03 bits per heavy atom. The molecule has 4 aromatic heterocycles. The van der Waals surface area contributed by atoms with Crippen LogP contribution in [-0.2, 0) is 0 Å². The second kappa shape index (κ2) is 8.61. The largest absolute Gasteiger partial charge is 0.438 e. The summed E-state index contributed by atoms with van der Waals surface area (Å²) in [5, 5.41) is 7.24. The zero-order valence-electron chi connectivity index (χ0n) is 21.0. The maximum absolute atomic E-state index is 5.88. The summed E-state index contributed by atoms with van der Waals surface area (Å²) in [6, 6.07) is 44.0. The van der Waals surface area contributed by atoms with Gasteiger partial charge in [0.1, 0.15) is 5.58 Å². The monoisotopic (exact) mass is 501 g/mol. The number of hydrogen-bond donors (Lipinski definition) is 1. The van der Waals surface area contributed by atoms with Crippen LogP contribution in [0.2, 0.25) is 0 Å². The standard InChI is InChI=1S/C23H14N2O.C12H9N/c1-4-10-20-16(7-1)17-8-2-5-11-21(17)25(20)15-13-19-18-9-3-6-12-22(18)26-23(19)24-14-15;1-3-7-11-9(5-1)10-6-2-4-8-12(10)13-11/h1-14H;1-8,13H. The first kappa shape index (κ1) is 21.7. The van der Waals surface area contributed by atoms with Crippen LogP contribution < -0.4 is 0 Å². The van der Waals surface area contributed by atoms with E-state index in [0.29, 0.717) is 5.71 Å². The summed E-state index contributed by atoms with van der Waals surface area (Å²) in [5.41, 5.74) is 7.38. The molecule has 9 rings (SSSR count). The van der Waals surface area contributed by atoms with Crippen molar-refractivity contribution >= 4 is 65.7 Å². The quantitative estimate of drug-likeness (QED) is 0.243. The molecule has 0 aliphatic carbocycles. The van der Waals surface area contributed by atoms with Gasteiger partial charge in [-0.15, -0.1) is 0 Å². The molecule has 0 radical (unpaired) electrons. The van der Waals surface area contributed by atoms with E-state index in [2.05, 4.69) is 124 Å². The fourth-order valence-electron chi connectivity index (χ4n) is 5.72. The smallest absolute Gasteiger partial charge is 0.227 e. The average molecular weight is 502 g/mol. The maximum atomic E-state index is 5.88. The first-order valence-corrected chi connectivity index (χ1v) is 13.1. The molecule has 4 heteroatoms. The van der Waals surface area contributed by atoms with Crippen molar-refractivity contribution in [1.82, 2.24) is 14.5 Å². The third kappa shape index (κ3) is 3.42. The molecule has 0 saturated carbocycles. The number of rotatable bonds is 1. The van der Waals surface area contributed by atoms with Crippen molar-refractivity contribution in [2.75, 3.05) is 0 Å². The van der Waals surface area contributed by atoms with Gasteiger partial charge in [0.05, 0.1) is 28.3 Å².